The molecule has 0 amide bonds. The third kappa shape index (κ3) is 5.65. The van der Waals surface area contributed by atoms with E-state index < -0.39 is 0 Å². The fourth-order valence-corrected chi connectivity index (χ4v) is 0.428. The van der Waals surface area contributed by atoms with Gasteiger partial charge >= 0.3 is 48.9 Å². The molecule has 0 fully saturated rings. The quantitative estimate of drug-likeness (QED) is 0.715. The summed E-state index contributed by atoms with van der Waals surface area (Å²) >= 11 is 0. The zero-order chi connectivity index (χ0) is 5.11. The van der Waals surface area contributed by atoms with Gasteiger partial charge in [-0.3, -0.25) is 0 Å². The molecule has 3 heteroatoms. The largest absolute Gasteiger partial charge is 2.00 e. The van der Waals surface area contributed by atoms with Crippen LogP contribution < -0.4 is 0 Å². The van der Waals surface area contributed by atoms with Gasteiger partial charge in [0.05, 0.1) is 0 Å². The molecule has 1 aromatic rings. The minimum atomic E-state index is 0. The molecule has 0 spiro atoms. The molecule has 0 aliphatic carbocycles. The predicted molar refractivity (Wildman–Crippen MR) is 36.1 cm³/mol. The molecule has 0 radical (unpaired) electrons. The summed E-state index contributed by atoms with van der Waals surface area (Å²) in [4.78, 5) is 0. The SMILES string of the molecule is Oc1ccccc1.[Ba+2].[H-].[H-].[Zn]. The van der Waals surface area contributed by atoms with E-state index in [2.05, 4.69) is 0 Å². The van der Waals surface area contributed by atoms with Crippen LogP contribution in [0.3, 0.4) is 0 Å². The van der Waals surface area contributed by atoms with Crippen molar-refractivity contribution in [3.63, 3.8) is 0 Å². The summed E-state index contributed by atoms with van der Waals surface area (Å²) in [7, 11) is 0. The van der Waals surface area contributed by atoms with E-state index in [1.165, 1.54) is 0 Å². The van der Waals surface area contributed by atoms with Crippen molar-refractivity contribution in [1.29, 1.82) is 0 Å². The molecule has 1 aromatic carbocycles. The van der Waals surface area contributed by atoms with Crippen molar-refractivity contribution in [2.75, 3.05) is 0 Å². The van der Waals surface area contributed by atoms with E-state index in [0.717, 1.165) is 0 Å². The standard InChI is InChI=1S/C6H6O.Ba.Zn.2H/c7-6-4-2-1-3-5-6;;;;/h1-5,7H;;;;/q;+2;;2*-1. The molecular formula is C6H8BaOZn. The van der Waals surface area contributed by atoms with Gasteiger partial charge in [0, 0.05) is 19.5 Å². The Morgan fingerprint density at radius 2 is 1.56 bits per heavy atom. The van der Waals surface area contributed by atoms with Gasteiger partial charge in [-0.25, -0.2) is 0 Å². The number of aromatic hydroxyl groups is 1. The third-order valence-corrected chi connectivity index (χ3v) is 0.756. The van der Waals surface area contributed by atoms with Crippen molar-refractivity contribution in [3.8, 4) is 5.75 Å². The second-order valence-corrected chi connectivity index (χ2v) is 1.34. The molecule has 0 saturated heterocycles. The van der Waals surface area contributed by atoms with Gasteiger partial charge in [0.1, 0.15) is 5.75 Å². The van der Waals surface area contributed by atoms with Crippen LogP contribution in [0.5, 0.6) is 5.75 Å². The Hall–Kier alpha value is 1.21. The van der Waals surface area contributed by atoms with Gasteiger partial charge in [0.2, 0.25) is 0 Å². The predicted octanol–water partition coefficient (Wildman–Crippen LogP) is 1.23. The Bertz CT molecular complexity index is 151. The Balaban J connectivity index is -0.0000000612. The molecule has 0 heterocycles. The monoisotopic (exact) mass is 298 g/mol. The van der Waals surface area contributed by atoms with Crippen LogP contribution in [0, 0.1) is 0 Å². The molecular weight excluding hydrogens is 291 g/mol. The first-order valence-electron chi connectivity index (χ1n) is 2.13. The number of phenols is 1. The van der Waals surface area contributed by atoms with Crippen LogP contribution in [0.25, 0.3) is 0 Å². The van der Waals surface area contributed by atoms with E-state index in [-0.39, 0.29) is 71.2 Å². The van der Waals surface area contributed by atoms with Crippen LogP contribution in [-0.4, -0.2) is 54.0 Å². The van der Waals surface area contributed by atoms with E-state index in [1.54, 1.807) is 24.3 Å². The summed E-state index contributed by atoms with van der Waals surface area (Å²) in [5.41, 5.74) is 0. The third-order valence-electron chi connectivity index (χ3n) is 0.756. The fraction of sp³-hybridized carbons (Fsp3) is 0. The van der Waals surface area contributed by atoms with E-state index in [1.807, 2.05) is 6.07 Å². The topological polar surface area (TPSA) is 20.2 Å². The van der Waals surface area contributed by atoms with Crippen LogP contribution in [0.15, 0.2) is 30.3 Å². The summed E-state index contributed by atoms with van der Waals surface area (Å²) in [6, 6.07) is 8.71. The van der Waals surface area contributed by atoms with Crippen molar-refractivity contribution >= 4 is 48.9 Å². The van der Waals surface area contributed by atoms with Gasteiger partial charge in [0.15, 0.2) is 0 Å². The summed E-state index contributed by atoms with van der Waals surface area (Å²) in [5.74, 6) is 0.322. The minimum Gasteiger partial charge on any atom is -1.00 e. The van der Waals surface area contributed by atoms with E-state index in [0.29, 0.717) is 5.75 Å². The van der Waals surface area contributed by atoms with E-state index in [9.17, 15) is 0 Å². The second kappa shape index (κ2) is 7.32. The zero-order valence-corrected chi connectivity index (χ0v) is 12.7. The Morgan fingerprint density at radius 3 is 1.78 bits per heavy atom. The number of benzene rings is 1. The molecule has 0 aliphatic rings. The molecule has 9 heavy (non-hydrogen) atoms. The summed E-state index contributed by atoms with van der Waals surface area (Å²) in [6.45, 7) is 0. The van der Waals surface area contributed by atoms with E-state index in [4.69, 9.17) is 5.11 Å². The van der Waals surface area contributed by atoms with Crippen molar-refractivity contribution in [1.82, 2.24) is 0 Å². The van der Waals surface area contributed by atoms with Crippen LogP contribution in [0.2, 0.25) is 0 Å². The average molecular weight is 299 g/mol. The molecule has 42 valence electrons. The van der Waals surface area contributed by atoms with Crippen molar-refractivity contribution in [3.05, 3.63) is 30.3 Å². The molecule has 1 rings (SSSR count). The first kappa shape index (κ1) is 12.9. The van der Waals surface area contributed by atoms with Crippen molar-refractivity contribution in [2.45, 2.75) is 0 Å². The first-order valence-corrected chi connectivity index (χ1v) is 2.13. The van der Waals surface area contributed by atoms with Crippen LogP contribution in [0.4, 0.5) is 0 Å². The number of para-hydroxylation sites is 1. The van der Waals surface area contributed by atoms with Crippen LogP contribution in [-0.2, 0) is 19.5 Å². The summed E-state index contributed by atoms with van der Waals surface area (Å²) in [6.07, 6.45) is 0. The Labute approximate surface area is 111 Å². The molecule has 0 unspecified atom stereocenters. The van der Waals surface area contributed by atoms with Crippen LogP contribution >= 0.6 is 0 Å². The normalized spacial score (nSPS) is 6.67. The summed E-state index contributed by atoms with van der Waals surface area (Å²) < 4.78 is 0. The molecule has 1 nitrogen and oxygen atoms in total. The van der Waals surface area contributed by atoms with Gasteiger partial charge in [0.25, 0.3) is 0 Å². The molecule has 0 aromatic heterocycles. The van der Waals surface area contributed by atoms with Gasteiger partial charge in [-0.05, 0) is 12.1 Å². The minimum absolute atomic E-state index is 0. The Morgan fingerprint density at radius 1 is 1.11 bits per heavy atom. The molecule has 0 bridgehead atoms. The maximum Gasteiger partial charge on any atom is 2.00 e. The average Bonchev–Trinajstić information content (AvgIpc) is 1.69. The number of rotatable bonds is 0. The van der Waals surface area contributed by atoms with Gasteiger partial charge in [-0.1, -0.05) is 18.2 Å². The number of hydrogen-bond donors (Lipinski definition) is 1. The summed E-state index contributed by atoms with van der Waals surface area (Å²) in [5, 5.41) is 8.63. The van der Waals surface area contributed by atoms with Crippen molar-refractivity contribution < 1.29 is 27.4 Å². The molecule has 0 aliphatic heterocycles. The fourth-order valence-electron chi connectivity index (χ4n) is 0.428. The van der Waals surface area contributed by atoms with Gasteiger partial charge < -0.3 is 7.96 Å². The molecule has 0 saturated carbocycles. The maximum absolute atomic E-state index is 8.63. The van der Waals surface area contributed by atoms with Gasteiger partial charge in [-0.2, -0.15) is 0 Å². The Kier molecular flexibility index (Phi) is 10.5. The maximum atomic E-state index is 8.63. The number of phenolic OH excluding ortho intramolecular Hbond substituents is 1. The molecule has 0 atom stereocenters. The van der Waals surface area contributed by atoms with Crippen LogP contribution in [0.1, 0.15) is 2.85 Å². The second-order valence-electron chi connectivity index (χ2n) is 1.34. The smallest absolute Gasteiger partial charge is 1.00 e. The van der Waals surface area contributed by atoms with E-state index >= 15 is 0 Å². The zero-order valence-electron chi connectivity index (χ0n) is 7.25. The van der Waals surface area contributed by atoms with Crippen molar-refractivity contribution in [2.24, 2.45) is 0 Å². The first-order chi connectivity index (χ1) is 3.39. The number of hydrogen-bond acceptors (Lipinski definition) is 1. The molecule has 1 N–H and O–H groups in total. The van der Waals surface area contributed by atoms with Gasteiger partial charge in [-0.15, -0.1) is 0 Å².